The molecule has 6 heteroatoms. The summed E-state index contributed by atoms with van der Waals surface area (Å²) in [5.74, 6) is 1.99. The smallest absolute Gasteiger partial charge is 0.152 e. The van der Waals surface area contributed by atoms with E-state index in [1.165, 1.54) is 5.56 Å². The van der Waals surface area contributed by atoms with Crippen LogP contribution in [0.1, 0.15) is 22.5 Å². The van der Waals surface area contributed by atoms with E-state index in [4.69, 9.17) is 23.2 Å². The van der Waals surface area contributed by atoms with Gasteiger partial charge in [0.05, 0.1) is 11.6 Å². The van der Waals surface area contributed by atoms with E-state index in [1.807, 2.05) is 34.5 Å². The first-order chi connectivity index (χ1) is 11.3. The van der Waals surface area contributed by atoms with Gasteiger partial charge in [-0.25, -0.2) is 0 Å². The summed E-state index contributed by atoms with van der Waals surface area (Å²) in [5, 5.41) is 9.59. The lowest BCUT2D eigenvalue weighted by atomic mass is 10.1. The molecule has 1 atom stereocenters. The normalized spacial score (nSPS) is 16.5. The molecule has 0 saturated heterocycles. The number of alkyl halides is 1. The first-order valence-electron chi connectivity index (χ1n) is 7.27. The van der Waals surface area contributed by atoms with Crippen molar-refractivity contribution in [3.63, 3.8) is 0 Å². The zero-order valence-corrected chi connectivity index (χ0v) is 14.4. The summed E-state index contributed by atoms with van der Waals surface area (Å²) in [4.78, 5) is 1.16. The fourth-order valence-electron chi connectivity index (χ4n) is 2.83. The van der Waals surface area contributed by atoms with Crippen molar-refractivity contribution in [2.75, 3.05) is 0 Å². The quantitative estimate of drug-likeness (QED) is 0.598. The van der Waals surface area contributed by atoms with Gasteiger partial charge in [-0.1, -0.05) is 41.9 Å². The topological polar surface area (TPSA) is 30.7 Å². The van der Waals surface area contributed by atoms with E-state index in [1.54, 1.807) is 0 Å². The molecule has 0 aliphatic carbocycles. The van der Waals surface area contributed by atoms with Crippen LogP contribution in [0.25, 0.3) is 5.69 Å². The Bertz CT molecular complexity index is 848. The molecule has 3 nitrogen and oxygen atoms in total. The molecule has 0 spiro atoms. The Morgan fingerprint density at radius 3 is 2.74 bits per heavy atom. The molecule has 0 radical (unpaired) electrons. The lowest BCUT2D eigenvalue weighted by Crippen LogP contribution is -2.05. The molecule has 0 saturated carbocycles. The van der Waals surface area contributed by atoms with Crippen molar-refractivity contribution in [2.24, 2.45) is 0 Å². The summed E-state index contributed by atoms with van der Waals surface area (Å²) in [7, 11) is 0. The van der Waals surface area contributed by atoms with Crippen LogP contribution in [-0.4, -0.2) is 14.8 Å². The molecule has 3 aromatic rings. The standard InChI is InChI=1S/C17H13Cl2N3S/c18-10-17-21-20-16-9-15(11-4-2-1-3-5-11)23-14-7-6-12(19)8-13(14)22(16)17/h1-8,15H,9-10H2. The summed E-state index contributed by atoms with van der Waals surface area (Å²) in [6, 6.07) is 16.4. The van der Waals surface area contributed by atoms with E-state index in [0.29, 0.717) is 10.9 Å². The zero-order valence-electron chi connectivity index (χ0n) is 12.1. The van der Waals surface area contributed by atoms with Gasteiger partial charge < -0.3 is 0 Å². The predicted molar refractivity (Wildman–Crippen MR) is 94.7 cm³/mol. The number of thioether (sulfide) groups is 1. The summed E-state index contributed by atoms with van der Waals surface area (Å²) in [6.45, 7) is 0. The van der Waals surface area contributed by atoms with Crippen molar-refractivity contribution in [2.45, 2.75) is 22.4 Å². The van der Waals surface area contributed by atoms with Gasteiger partial charge in [0, 0.05) is 21.6 Å². The van der Waals surface area contributed by atoms with E-state index in [9.17, 15) is 0 Å². The van der Waals surface area contributed by atoms with Gasteiger partial charge in [0.15, 0.2) is 5.82 Å². The highest BCUT2D eigenvalue weighted by Gasteiger charge is 2.26. The average Bonchev–Trinajstić information content (AvgIpc) is 2.91. The SMILES string of the molecule is ClCc1nnc2n1-c1cc(Cl)ccc1SC(c1ccccc1)C2. The third kappa shape index (κ3) is 2.75. The van der Waals surface area contributed by atoms with Gasteiger partial charge in [-0.05, 0) is 23.8 Å². The lowest BCUT2D eigenvalue weighted by molar-refractivity contribution is 0.809. The number of aromatic nitrogens is 3. The van der Waals surface area contributed by atoms with Crippen molar-refractivity contribution in [3.8, 4) is 5.69 Å². The van der Waals surface area contributed by atoms with E-state index >= 15 is 0 Å². The van der Waals surface area contributed by atoms with Crippen LogP contribution in [-0.2, 0) is 12.3 Å². The van der Waals surface area contributed by atoms with Crippen LogP contribution in [0.3, 0.4) is 0 Å². The Balaban J connectivity index is 1.90. The van der Waals surface area contributed by atoms with Gasteiger partial charge in [0.2, 0.25) is 0 Å². The maximum atomic E-state index is 6.22. The largest absolute Gasteiger partial charge is 0.281 e. The second-order valence-corrected chi connectivity index (χ2v) is 7.28. The zero-order chi connectivity index (χ0) is 15.8. The fraction of sp³-hybridized carbons (Fsp3) is 0.176. The minimum absolute atomic E-state index is 0.282. The lowest BCUT2D eigenvalue weighted by Gasteiger charge is -2.14. The molecule has 0 bridgehead atoms. The number of fused-ring (bicyclic) bond motifs is 3. The Labute approximate surface area is 148 Å². The highest BCUT2D eigenvalue weighted by molar-refractivity contribution is 7.99. The monoisotopic (exact) mass is 361 g/mol. The second-order valence-electron chi connectivity index (χ2n) is 5.33. The van der Waals surface area contributed by atoms with Crippen LogP contribution >= 0.6 is 35.0 Å². The number of nitrogens with zero attached hydrogens (tertiary/aromatic N) is 3. The molecule has 2 aromatic carbocycles. The number of hydrogen-bond donors (Lipinski definition) is 0. The fourth-order valence-corrected chi connectivity index (χ4v) is 4.42. The third-order valence-electron chi connectivity index (χ3n) is 3.89. The summed E-state index contributed by atoms with van der Waals surface area (Å²) in [6.07, 6.45) is 0.796. The first kappa shape index (κ1) is 15.1. The summed E-state index contributed by atoms with van der Waals surface area (Å²) in [5.41, 5.74) is 2.29. The van der Waals surface area contributed by atoms with Crippen LogP contribution < -0.4 is 0 Å². The Morgan fingerprint density at radius 2 is 1.96 bits per heavy atom. The van der Waals surface area contributed by atoms with Crippen molar-refractivity contribution in [1.82, 2.24) is 14.8 Å². The molecule has 1 aliphatic heterocycles. The molecule has 0 amide bonds. The number of rotatable bonds is 2. The van der Waals surface area contributed by atoms with Gasteiger partial charge in [0.25, 0.3) is 0 Å². The number of benzene rings is 2. The van der Waals surface area contributed by atoms with Crippen molar-refractivity contribution < 1.29 is 0 Å². The molecule has 2 heterocycles. The molecule has 1 aromatic heterocycles. The van der Waals surface area contributed by atoms with Crippen molar-refractivity contribution >= 4 is 35.0 Å². The maximum Gasteiger partial charge on any atom is 0.152 e. The molecule has 1 aliphatic rings. The van der Waals surface area contributed by atoms with Crippen LogP contribution in [0.4, 0.5) is 0 Å². The van der Waals surface area contributed by atoms with E-state index in [-0.39, 0.29) is 5.25 Å². The van der Waals surface area contributed by atoms with Gasteiger partial charge in [-0.15, -0.1) is 33.6 Å². The minimum Gasteiger partial charge on any atom is -0.281 e. The maximum absolute atomic E-state index is 6.22. The summed E-state index contributed by atoms with van der Waals surface area (Å²) < 4.78 is 2.05. The van der Waals surface area contributed by atoms with E-state index in [0.717, 1.165) is 28.7 Å². The summed E-state index contributed by atoms with van der Waals surface area (Å²) >= 11 is 14.1. The van der Waals surface area contributed by atoms with Crippen LogP contribution in [0, 0.1) is 0 Å². The van der Waals surface area contributed by atoms with Gasteiger partial charge in [-0.3, -0.25) is 4.57 Å². The minimum atomic E-state index is 0.282. The molecule has 0 N–H and O–H groups in total. The van der Waals surface area contributed by atoms with Gasteiger partial charge in [0.1, 0.15) is 5.82 Å². The van der Waals surface area contributed by atoms with Crippen LogP contribution in [0.5, 0.6) is 0 Å². The third-order valence-corrected chi connectivity index (χ3v) is 5.68. The first-order valence-corrected chi connectivity index (χ1v) is 9.06. The predicted octanol–water partition coefficient (Wildman–Crippen LogP) is 5.05. The van der Waals surface area contributed by atoms with E-state index in [2.05, 4.69) is 40.5 Å². The van der Waals surface area contributed by atoms with E-state index < -0.39 is 0 Å². The number of halogens is 2. The Morgan fingerprint density at radius 1 is 1.13 bits per heavy atom. The second kappa shape index (κ2) is 6.19. The van der Waals surface area contributed by atoms with Crippen molar-refractivity contribution in [3.05, 3.63) is 70.8 Å². The molecule has 1 unspecified atom stereocenters. The molecule has 23 heavy (non-hydrogen) atoms. The highest BCUT2D eigenvalue weighted by atomic mass is 35.5. The highest BCUT2D eigenvalue weighted by Crippen LogP contribution is 2.44. The average molecular weight is 362 g/mol. The Kier molecular flexibility index (Phi) is 4.05. The number of hydrogen-bond acceptors (Lipinski definition) is 3. The molecule has 116 valence electrons. The van der Waals surface area contributed by atoms with Crippen molar-refractivity contribution in [1.29, 1.82) is 0 Å². The van der Waals surface area contributed by atoms with Crippen LogP contribution in [0.15, 0.2) is 53.4 Å². The molecular weight excluding hydrogens is 349 g/mol. The van der Waals surface area contributed by atoms with Gasteiger partial charge >= 0.3 is 0 Å². The van der Waals surface area contributed by atoms with Crippen LogP contribution in [0.2, 0.25) is 5.02 Å². The molecule has 4 rings (SSSR count). The van der Waals surface area contributed by atoms with Gasteiger partial charge in [-0.2, -0.15) is 0 Å². The molecule has 0 fully saturated rings. The molecular formula is C17H13Cl2N3S. The Hall–Kier alpha value is -1.49.